The highest BCUT2D eigenvalue weighted by Crippen LogP contribution is 2.23. The first-order valence-electron chi connectivity index (χ1n) is 11.2. The van der Waals surface area contributed by atoms with Gasteiger partial charge < -0.3 is 9.80 Å². The molecule has 0 radical (unpaired) electrons. The van der Waals surface area contributed by atoms with Gasteiger partial charge in [0.05, 0.1) is 11.5 Å². The van der Waals surface area contributed by atoms with Crippen molar-refractivity contribution in [3.8, 4) is 0 Å². The largest absolute Gasteiger partial charge is 0.340 e. The van der Waals surface area contributed by atoms with Gasteiger partial charge in [-0.2, -0.15) is 0 Å². The standard InChI is InChI=1S/C23H31N3O4S/c27-22(7-6-19-4-2-1-3-5-19)25-11-8-20(9-12-25)23(28)26-15-13-24(14-16-26)21-10-17-31(29,30)18-21/h1-7,20-21H,8-18H2/b7-6+. The molecule has 168 valence electrons. The van der Waals surface area contributed by atoms with E-state index in [2.05, 4.69) is 4.90 Å². The van der Waals surface area contributed by atoms with Crippen LogP contribution in [-0.2, 0) is 19.4 Å². The Morgan fingerprint density at radius 1 is 0.871 bits per heavy atom. The van der Waals surface area contributed by atoms with Gasteiger partial charge in [-0.25, -0.2) is 8.42 Å². The summed E-state index contributed by atoms with van der Waals surface area (Å²) in [5, 5.41) is 0. The number of piperazine rings is 1. The number of sulfone groups is 1. The SMILES string of the molecule is O=C(/C=C/c1ccccc1)N1CCC(C(=O)N2CCN(C3CCS(=O)(=O)C3)CC2)CC1. The zero-order valence-electron chi connectivity index (χ0n) is 17.9. The van der Waals surface area contributed by atoms with Gasteiger partial charge in [-0.15, -0.1) is 0 Å². The van der Waals surface area contributed by atoms with Crippen LogP contribution in [0.4, 0.5) is 0 Å². The van der Waals surface area contributed by atoms with E-state index in [1.165, 1.54) is 0 Å². The van der Waals surface area contributed by atoms with Crippen LogP contribution < -0.4 is 0 Å². The summed E-state index contributed by atoms with van der Waals surface area (Å²) in [5.41, 5.74) is 0.996. The molecule has 0 bridgehead atoms. The molecule has 0 saturated carbocycles. The van der Waals surface area contributed by atoms with Crippen LogP contribution in [0.25, 0.3) is 6.08 Å². The van der Waals surface area contributed by atoms with Crippen molar-refractivity contribution in [2.45, 2.75) is 25.3 Å². The van der Waals surface area contributed by atoms with Gasteiger partial charge in [-0.1, -0.05) is 30.3 Å². The summed E-state index contributed by atoms with van der Waals surface area (Å²) in [6.45, 7) is 4.02. The van der Waals surface area contributed by atoms with Crippen LogP contribution >= 0.6 is 0 Å². The lowest BCUT2D eigenvalue weighted by molar-refractivity contribution is -0.141. The molecule has 3 saturated heterocycles. The fraction of sp³-hybridized carbons (Fsp3) is 0.565. The van der Waals surface area contributed by atoms with Crippen molar-refractivity contribution in [1.29, 1.82) is 0 Å². The number of benzene rings is 1. The molecule has 4 rings (SSSR count). The smallest absolute Gasteiger partial charge is 0.246 e. The van der Waals surface area contributed by atoms with Crippen LogP contribution in [0, 0.1) is 5.92 Å². The molecule has 1 aromatic carbocycles. The molecule has 0 aliphatic carbocycles. The number of likely N-dealkylation sites (tertiary alicyclic amines) is 1. The summed E-state index contributed by atoms with van der Waals surface area (Å²) in [6, 6.07) is 9.86. The predicted molar refractivity (Wildman–Crippen MR) is 120 cm³/mol. The molecule has 3 aliphatic heterocycles. The molecule has 3 fully saturated rings. The molecule has 1 unspecified atom stereocenters. The Morgan fingerprint density at radius 2 is 1.55 bits per heavy atom. The second kappa shape index (κ2) is 9.53. The number of piperidine rings is 1. The second-order valence-corrected chi connectivity index (χ2v) is 11.0. The molecular formula is C23H31N3O4S. The highest BCUT2D eigenvalue weighted by atomic mass is 32.2. The van der Waals surface area contributed by atoms with Crippen molar-refractivity contribution in [1.82, 2.24) is 14.7 Å². The highest BCUT2D eigenvalue weighted by Gasteiger charge is 2.36. The number of rotatable bonds is 4. The van der Waals surface area contributed by atoms with E-state index in [0.29, 0.717) is 45.4 Å². The summed E-state index contributed by atoms with van der Waals surface area (Å²) < 4.78 is 23.5. The Morgan fingerprint density at radius 3 is 2.16 bits per heavy atom. The van der Waals surface area contributed by atoms with Crippen molar-refractivity contribution in [3.63, 3.8) is 0 Å². The van der Waals surface area contributed by atoms with Gasteiger partial charge in [-0.3, -0.25) is 14.5 Å². The molecule has 0 spiro atoms. The number of hydrogen-bond donors (Lipinski definition) is 0. The molecule has 0 aromatic heterocycles. The van der Waals surface area contributed by atoms with Gasteiger partial charge in [0.2, 0.25) is 11.8 Å². The van der Waals surface area contributed by atoms with Crippen molar-refractivity contribution in [2.75, 3.05) is 50.8 Å². The lowest BCUT2D eigenvalue weighted by atomic mass is 9.94. The van der Waals surface area contributed by atoms with E-state index in [4.69, 9.17) is 0 Å². The molecular weight excluding hydrogens is 414 g/mol. The number of carbonyl (C=O) groups excluding carboxylic acids is 2. The fourth-order valence-electron chi connectivity index (χ4n) is 4.81. The van der Waals surface area contributed by atoms with Gasteiger partial charge >= 0.3 is 0 Å². The third kappa shape index (κ3) is 5.54. The van der Waals surface area contributed by atoms with E-state index in [-0.39, 0.29) is 35.3 Å². The minimum atomic E-state index is -2.88. The molecule has 3 aliphatic rings. The summed E-state index contributed by atoms with van der Waals surface area (Å²) in [6.07, 6.45) is 5.55. The normalized spacial score (nSPS) is 25.2. The van der Waals surface area contributed by atoms with E-state index in [9.17, 15) is 18.0 Å². The van der Waals surface area contributed by atoms with Gasteiger partial charge in [0.1, 0.15) is 0 Å². The molecule has 8 heteroatoms. The van der Waals surface area contributed by atoms with Crippen LogP contribution in [0.5, 0.6) is 0 Å². The van der Waals surface area contributed by atoms with Crippen LogP contribution in [-0.4, -0.2) is 91.7 Å². The van der Waals surface area contributed by atoms with E-state index in [1.54, 1.807) is 6.08 Å². The molecule has 7 nitrogen and oxygen atoms in total. The molecule has 1 atom stereocenters. The third-order valence-electron chi connectivity index (χ3n) is 6.72. The molecule has 1 aromatic rings. The number of nitrogens with zero attached hydrogens (tertiary/aromatic N) is 3. The monoisotopic (exact) mass is 445 g/mol. The fourth-order valence-corrected chi connectivity index (χ4v) is 6.57. The third-order valence-corrected chi connectivity index (χ3v) is 8.47. The van der Waals surface area contributed by atoms with Gasteiger partial charge in [0.25, 0.3) is 0 Å². The maximum atomic E-state index is 13.0. The number of carbonyl (C=O) groups is 2. The van der Waals surface area contributed by atoms with Crippen LogP contribution in [0.3, 0.4) is 0 Å². The predicted octanol–water partition coefficient (Wildman–Crippen LogP) is 1.27. The van der Waals surface area contributed by atoms with Crippen molar-refractivity contribution in [3.05, 3.63) is 42.0 Å². The van der Waals surface area contributed by atoms with Crippen LogP contribution in [0.1, 0.15) is 24.8 Å². The summed E-state index contributed by atoms with van der Waals surface area (Å²) >= 11 is 0. The Bertz CT molecular complexity index is 915. The van der Waals surface area contributed by atoms with Gasteiger partial charge in [-0.05, 0) is 30.9 Å². The van der Waals surface area contributed by atoms with Crippen LogP contribution in [0.15, 0.2) is 36.4 Å². The van der Waals surface area contributed by atoms with Gasteiger partial charge in [0.15, 0.2) is 9.84 Å². The van der Waals surface area contributed by atoms with Crippen molar-refractivity contribution >= 4 is 27.7 Å². The highest BCUT2D eigenvalue weighted by molar-refractivity contribution is 7.91. The quantitative estimate of drug-likeness (QED) is 0.653. The molecule has 3 heterocycles. The number of amides is 2. The number of hydrogen-bond acceptors (Lipinski definition) is 5. The summed E-state index contributed by atoms with van der Waals surface area (Å²) in [4.78, 5) is 31.4. The van der Waals surface area contributed by atoms with Crippen LogP contribution in [0.2, 0.25) is 0 Å². The van der Waals surface area contributed by atoms with Crippen molar-refractivity contribution < 1.29 is 18.0 Å². The minimum absolute atomic E-state index is 0.00474. The van der Waals surface area contributed by atoms with E-state index < -0.39 is 9.84 Å². The Labute approximate surface area is 184 Å². The Balaban J connectivity index is 1.22. The van der Waals surface area contributed by atoms with Crippen molar-refractivity contribution in [2.24, 2.45) is 5.92 Å². The zero-order chi connectivity index (χ0) is 21.8. The maximum absolute atomic E-state index is 13.0. The van der Waals surface area contributed by atoms with E-state index in [1.807, 2.05) is 46.2 Å². The van der Waals surface area contributed by atoms with E-state index in [0.717, 1.165) is 18.7 Å². The lowest BCUT2D eigenvalue weighted by Crippen LogP contribution is -2.54. The molecule has 0 N–H and O–H groups in total. The Hall–Kier alpha value is -2.19. The zero-order valence-corrected chi connectivity index (χ0v) is 18.7. The average molecular weight is 446 g/mol. The Kier molecular flexibility index (Phi) is 6.77. The maximum Gasteiger partial charge on any atom is 0.246 e. The first-order chi connectivity index (χ1) is 14.9. The summed E-state index contributed by atoms with van der Waals surface area (Å²) in [7, 11) is -2.88. The van der Waals surface area contributed by atoms with E-state index >= 15 is 0 Å². The first-order valence-corrected chi connectivity index (χ1v) is 13.0. The first kappa shape index (κ1) is 22.0. The van der Waals surface area contributed by atoms with Gasteiger partial charge in [0, 0.05) is 57.3 Å². The average Bonchev–Trinajstić information content (AvgIpc) is 3.17. The lowest BCUT2D eigenvalue weighted by Gasteiger charge is -2.40. The molecule has 31 heavy (non-hydrogen) atoms. The topological polar surface area (TPSA) is 78.0 Å². The minimum Gasteiger partial charge on any atom is -0.340 e. The second-order valence-electron chi connectivity index (χ2n) is 8.76. The molecule has 2 amide bonds. The summed E-state index contributed by atoms with van der Waals surface area (Å²) in [5.74, 6) is 0.696.